The molecule has 1 aliphatic heterocycles. The van der Waals surface area contributed by atoms with E-state index in [0.717, 1.165) is 29.7 Å². The van der Waals surface area contributed by atoms with Crippen molar-refractivity contribution in [3.8, 4) is 17.0 Å². The van der Waals surface area contributed by atoms with Crippen LogP contribution in [0.15, 0.2) is 46.9 Å². The van der Waals surface area contributed by atoms with Crippen molar-refractivity contribution < 1.29 is 13.9 Å². The molecule has 5 nitrogen and oxygen atoms in total. The number of benzene rings is 2. The zero-order chi connectivity index (χ0) is 20.1. The summed E-state index contributed by atoms with van der Waals surface area (Å²) in [5.41, 5.74) is 5.12. The van der Waals surface area contributed by atoms with Gasteiger partial charge in [0, 0.05) is 23.7 Å². The Hall–Kier alpha value is -3.12. The topological polar surface area (TPSA) is 62.4 Å². The Kier molecular flexibility index (Phi) is 4.17. The number of hydrogen-bond acceptors (Lipinski definition) is 5. The summed E-state index contributed by atoms with van der Waals surface area (Å²) in [7, 11) is 0. The number of phenolic OH excluding ortho intramolecular Hbond substituents is 1. The smallest absolute Gasteiger partial charge is 0.300 e. The predicted molar refractivity (Wildman–Crippen MR) is 110 cm³/mol. The van der Waals surface area contributed by atoms with Crippen LogP contribution >= 0.6 is 11.6 Å². The van der Waals surface area contributed by atoms with Gasteiger partial charge in [-0.3, -0.25) is 0 Å². The first-order chi connectivity index (χ1) is 14.0. The monoisotopic (exact) mass is 409 g/mol. The van der Waals surface area contributed by atoms with Crippen molar-refractivity contribution in [1.82, 2.24) is 9.97 Å². The quantitative estimate of drug-likeness (QED) is 0.489. The zero-order valence-corrected chi connectivity index (χ0v) is 16.4. The summed E-state index contributed by atoms with van der Waals surface area (Å²) in [4.78, 5) is 11.1. The van der Waals surface area contributed by atoms with E-state index in [-0.39, 0.29) is 11.6 Å². The minimum absolute atomic E-state index is 0.0697. The van der Waals surface area contributed by atoms with Crippen molar-refractivity contribution in [3.05, 3.63) is 70.0 Å². The minimum Gasteiger partial charge on any atom is -0.507 e. The van der Waals surface area contributed by atoms with Gasteiger partial charge in [-0.15, -0.1) is 0 Å². The second-order valence-electron chi connectivity index (χ2n) is 7.22. The number of hydrogen-bond donors (Lipinski definition) is 1. The Morgan fingerprint density at radius 3 is 2.79 bits per heavy atom. The molecule has 1 aliphatic rings. The lowest BCUT2D eigenvalue weighted by Crippen LogP contribution is -2.30. The van der Waals surface area contributed by atoms with E-state index in [1.54, 1.807) is 24.3 Å². The third-order valence-electron chi connectivity index (χ3n) is 5.23. The van der Waals surface area contributed by atoms with E-state index in [9.17, 15) is 9.50 Å². The van der Waals surface area contributed by atoms with Gasteiger partial charge in [-0.2, -0.15) is 4.98 Å². The number of aromatic nitrogens is 2. The van der Waals surface area contributed by atoms with Gasteiger partial charge in [0.1, 0.15) is 11.6 Å². The summed E-state index contributed by atoms with van der Waals surface area (Å²) in [6, 6.07) is 12.2. The number of aromatic hydroxyl groups is 1. The van der Waals surface area contributed by atoms with E-state index in [1.807, 2.05) is 17.9 Å². The van der Waals surface area contributed by atoms with Crippen LogP contribution in [0.3, 0.4) is 0 Å². The molecular weight excluding hydrogens is 393 g/mol. The lowest BCUT2D eigenvalue weighted by atomic mass is 10.00. The van der Waals surface area contributed by atoms with Crippen molar-refractivity contribution in [2.45, 2.75) is 19.9 Å². The van der Waals surface area contributed by atoms with Gasteiger partial charge in [-0.05, 0) is 66.4 Å². The summed E-state index contributed by atoms with van der Waals surface area (Å²) < 4.78 is 19.5. The second kappa shape index (κ2) is 6.74. The summed E-state index contributed by atoms with van der Waals surface area (Å²) in [5.74, 6) is -0.173. The average Bonchev–Trinajstić information content (AvgIpc) is 3.10. The highest BCUT2D eigenvalue weighted by atomic mass is 35.5. The Morgan fingerprint density at radius 1 is 1.10 bits per heavy atom. The van der Waals surface area contributed by atoms with Gasteiger partial charge in [0.15, 0.2) is 5.58 Å². The molecule has 0 radical (unpaired) electrons. The van der Waals surface area contributed by atoms with Crippen LogP contribution in [0.25, 0.3) is 22.5 Å². The van der Waals surface area contributed by atoms with Gasteiger partial charge in [0.25, 0.3) is 6.01 Å². The summed E-state index contributed by atoms with van der Waals surface area (Å²) in [6.07, 6.45) is 0.796. The zero-order valence-electron chi connectivity index (χ0n) is 15.6. The normalized spacial score (nSPS) is 13.7. The van der Waals surface area contributed by atoms with Gasteiger partial charge in [0.2, 0.25) is 5.65 Å². The first kappa shape index (κ1) is 17.9. The fraction of sp³-hybridized carbons (Fsp3) is 0.182. The van der Waals surface area contributed by atoms with E-state index < -0.39 is 0 Å². The van der Waals surface area contributed by atoms with Crippen molar-refractivity contribution in [1.29, 1.82) is 0 Å². The number of aryl methyl sites for hydroxylation is 1. The van der Waals surface area contributed by atoms with Gasteiger partial charge in [-0.25, -0.2) is 9.37 Å². The molecule has 0 amide bonds. The highest BCUT2D eigenvalue weighted by Crippen LogP contribution is 2.35. The number of phenols is 1. The number of rotatable bonds is 2. The predicted octanol–water partition coefficient (Wildman–Crippen LogP) is 5.26. The number of nitrogens with zero attached hydrogens (tertiary/aromatic N) is 3. The van der Waals surface area contributed by atoms with Gasteiger partial charge in [-0.1, -0.05) is 17.7 Å². The molecule has 5 rings (SSSR count). The molecule has 0 saturated heterocycles. The number of anilines is 1. The fourth-order valence-electron chi connectivity index (χ4n) is 3.83. The number of pyridine rings is 1. The highest BCUT2D eigenvalue weighted by molar-refractivity contribution is 6.31. The lowest BCUT2D eigenvalue weighted by molar-refractivity contribution is 0.477. The maximum Gasteiger partial charge on any atom is 0.300 e. The molecule has 0 aliphatic carbocycles. The standard InChI is InChI=1S/C22H17ClFN3O2/c1-12-8-15(23)10-18(28)20(12)17-4-5-19-21(25-17)26-22(29-19)27-7-6-13-2-3-16(24)9-14(13)11-27/h2-5,8-10,28H,6-7,11H2,1H3. The fourth-order valence-corrected chi connectivity index (χ4v) is 4.10. The Bertz CT molecular complexity index is 1230. The van der Waals surface area contributed by atoms with Gasteiger partial charge >= 0.3 is 0 Å². The highest BCUT2D eigenvalue weighted by Gasteiger charge is 2.22. The van der Waals surface area contributed by atoms with Gasteiger partial charge in [0.05, 0.1) is 5.69 Å². The maximum absolute atomic E-state index is 13.6. The van der Waals surface area contributed by atoms with Crippen LogP contribution in [0.2, 0.25) is 5.02 Å². The molecule has 0 fully saturated rings. The molecule has 0 atom stereocenters. The van der Waals surface area contributed by atoms with Crippen LogP contribution in [-0.2, 0) is 13.0 Å². The van der Waals surface area contributed by atoms with Crippen LogP contribution in [0.4, 0.5) is 10.4 Å². The molecule has 0 saturated carbocycles. The van der Waals surface area contributed by atoms with Crippen molar-refractivity contribution in [2.24, 2.45) is 0 Å². The summed E-state index contributed by atoms with van der Waals surface area (Å²) in [5, 5.41) is 10.8. The van der Waals surface area contributed by atoms with E-state index in [0.29, 0.717) is 40.1 Å². The van der Waals surface area contributed by atoms with Crippen LogP contribution < -0.4 is 4.90 Å². The molecule has 7 heteroatoms. The van der Waals surface area contributed by atoms with Crippen molar-refractivity contribution >= 4 is 28.8 Å². The molecule has 0 unspecified atom stereocenters. The number of halogens is 2. The maximum atomic E-state index is 13.6. The van der Waals surface area contributed by atoms with Crippen LogP contribution in [0.1, 0.15) is 16.7 Å². The van der Waals surface area contributed by atoms with Crippen molar-refractivity contribution in [2.75, 3.05) is 11.4 Å². The third-order valence-corrected chi connectivity index (χ3v) is 5.45. The average molecular weight is 410 g/mol. The SMILES string of the molecule is Cc1cc(Cl)cc(O)c1-c1ccc2oc(N3CCc4ccc(F)cc4C3)nc2n1. The Balaban J connectivity index is 1.51. The molecule has 0 spiro atoms. The van der Waals surface area contributed by atoms with Crippen LogP contribution in [-0.4, -0.2) is 21.6 Å². The molecule has 2 aromatic carbocycles. The lowest BCUT2D eigenvalue weighted by Gasteiger charge is -2.27. The molecular formula is C22H17ClFN3O2. The Morgan fingerprint density at radius 2 is 1.97 bits per heavy atom. The van der Waals surface area contributed by atoms with E-state index in [1.165, 1.54) is 12.1 Å². The molecule has 146 valence electrons. The third kappa shape index (κ3) is 3.19. The molecule has 3 heterocycles. The van der Waals surface area contributed by atoms with E-state index in [2.05, 4.69) is 9.97 Å². The molecule has 2 aromatic heterocycles. The van der Waals surface area contributed by atoms with Crippen molar-refractivity contribution in [3.63, 3.8) is 0 Å². The molecule has 29 heavy (non-hydrogen) atoms. The van der Waals surface area contributed by atoms with Crippen LogP contribution in [0, 0.1) is 12.7 Å². The largest absolute Gasteiger partial charge is 0.507 e. The number of oxazole rings is 1. The first-order valence-electron chi connectivity index (χ1n) is 9.27. The molecule has 0 bridgehead atoms. The molecule has 1 N–H and O–H groups in total. The van der Waals surface area contributed by atoms with Gasteiger partial charge < -0.3 is 14.4 Å². The van der Waals surface area contributed by atoms with Crippen LogP contribution in [0.5, 0.6) is 5.75 Å². The summed E-state index contributed by atoms with van der Waals surface area (Å²) >= 11 is 6.00. The Labute approximate surface area is 171 Å². The summed E-state index contributed by atoms with van der Waals surface area (Å²) in [6.45, 7) is 3.13. The van der Waals surface area contributed by atoms with E-state index >= 15 is 0 Å². The van der Waals surface area contributed by atoms with E-state index in [4.69, 9.17) is 16.0 Å². The first-order valence-corrected chi connectivity index (χ1v) is 9.65. The second-order valence-corrected chi connectivity index (χ2v) is 7.65. The molecule has 4 aromatic rings. The minimum atomic E-state index is -0.243. The number of fused-ring (bicyclic) bond motifs is 2.